The van der Waals surface area contributed by atoms with E-state index in [4.69, 9.17) is 4.74 Å². The maximum absolute atomic E-state index is 11.8. The van der Waals surface area contributed by atoms with Crippen LogP contribution in [0.25, 0.3) is 0 Å². The van der Waals surface area contributed by atoms with Crippen LogP contribution in [0.2, 0.25) is 0 Å². The van der Waals surface area contributed by atoms with Crippen molar-refractivity contribution in [3.8, 4) is 0 Å². The molecule has 0 heterocycles. The molecular weight excluding hydrogens is 308 g/mol. The van der Waals surface area contributed by atoms with Gasteiger partial charge in [-0.05, 0) is 12.8 Å². The summed E-state index contributed by atoms with van der Waals surface area (Å²) in [6, 6.07) is 0. The molecule has 0 spiro atoms. The molecule has 0 aromatic heterocycles. The van der Waals surface area contributed by atoms with Crippen molar-refractivity contribution >= 4 is 22.6 Å². The molecule has 1 aliphatic carbocycles. The van der Waals surface area contributed by atoms with Gasteiger partial charge in [0.2, 0.25) is 0 Å². The van der Waals surface area contributed by atoms with Crippen LogP contribution in [0.3, 0.4) is 0 Å². The Balaban J connectivity index is 2.17. The maximum Gasteiger partial charge on any atom is 0.391 e. The highest BCUT2D eigenvalue weighted by Gasteiger charge is 2.29. The standard InChI is InChI=1S/C9H14F3IO/c10-9(11,12)5-6-14-8-4-2-1-3-7(8)13/h7-8H,1-6H2. The van der Waals surface area contributed by atoms with Gasteiger partial charge in [0.1, 0.15) is 0 Å². The van der Waals surface area contributed by atoms with Crippen molar-refractivity contribution in [2.75, 3.05) is 6.61 Å². The van der Waals surface area contributed by atoms with E-state index >= 15 is 0 Å². The highest BCUT2D eigenvalue weighted by atomic mass is 127. The molecule has 1 nitrogen and oxygen atoms in total. The molecule has 84 valence electrons. The number of hydrogen-bond acceptors (Lipinski definition) is 1. The van der Waals surface area contributed by atoms with E-state index in [1.54, 1.807) is 0 Å². The van der Waals surface area contributed by atoms with Crippen LogP contribution < -0.4 is 0 Å². The molecule has 1 rings (SSSR count). The third-order valence-corrected chi connectivity index (χ3v) is 3.76. The Hall–Kier alpha value is 0.480. The normalized spacial score (nSPS) is 29.1. The Labute approximate surface area is 95.5 Å². The van der Waals surface area contributed by atoms with Crippen LogP contribution in [0, 0.1) is 0 Å². The van der Waals surface area contributed by atoms with Crippen LogP contribution in [-0.4, -0.2) is 22.8 Å². The third-order valence-electron chi connectivity index (χ3n) is 2.34. The van der Waals surface area contributed by atoms with Gasteiger partial charge < -0.3 is 4.74 Å². The zero-order valence-electron chi connectivity index (χ0n) is 7.82. The Bertz CT molecular complexity index is 172. The highest BCUT2D eigenvalue weighted by molar-refractivity contribution is 14.1. The molecule has 14 heavy (non-hydrogen) atoms. The average molecular weight is 322 g/mol. The summed E-state index contributed by atoms with van der Waals surface area (Å²) in [4.78, 5) is 0. The van der Waals surface area contributed by atoms with Gasteiger partial charge in [-0.2, -0.15) is 13.2 Å². The monoisotopic (exact) mass is 322 g/mol. The first-order valence-corrected chi connectivity index (χ1v) is 6.06. The minimum absolute atomic E-state index is 0.0340. The average Bonchev–Trinajstić information content (AvgIpc) is 2.06. The summed E-state index contributed by atoms with van der Waals surface area (Å²) < 4.78 is 41.1. The lowest BCUT2D eigenvalue weighted by Gasteiger charge is -2.27. The summed E-state index contributed by atoms with van der Waals surface area (Å²) in [7, 11) is 0. The Morgan fingerprint density at radius 2 is 1.86 bits per heavy atom. The molecule has 2 unspecified atom stereocenters. The number of alkyl halides is 4. The number of ether oxygens (including phenoxy) is 1. The van der Waals surface area contributed by atoms with E-state index in [1.165, 1.54) is 6.42 Å². The zero-order chi connectivity index (χ0) is 10.6. The summed E-state index contributed by atoms with van der Waals surface area (Å²) in [5, 5.41) is 0. The fourth-order valence-corrected chi connectivity index (χ4v) is 2.57. The second-order valence-electron chi connectivity index (χ2n) is 3.57. The predicted molar refractivity (Wildman–Crippen MR) is 56.7 cm³/mol. The van der Waals surface area contributed by atoms with Crippen LogP contribution >= 0.6 is 22.6 Å². The van der Waals surface area contributed by atoms with Crippen LogP contribution in [0.4, 0.5) is 13.2 Å². The molecule has 0 radical (unpaired) electrons. The lowest BCUT2D eigenvalue weighted by Crippen LogP contribution is -2.29. The minimum atomic E-state index is -4.09. The van der Waals surface area contributed by atoms with E-state index in [0.717, 1.165) is 19.3 Å². The van der Waals surface area contributed by atoms with E-state index in [-0.39, 0.29) is 12.7 Å². The molecule has 0 aromatic carbocycles. The van der Waals surface area contributed by atoms with Crippen molar-refractivity contribution in [2.24, 2.45) is 0 Å². The molecule has 5 heteroatoms. The van der Waals surface area contributed by atoms with Gasteiger partial charge in [-0.15, -0.1) is 0 Å². The fourth-order valence-electron chi connectivity index (χ4n) is 1.57. The van der Waals surface area contributed by atoms with Crippen LogP contribution in [0.1, 0.15) is 32.1 Å². The molecule has 0 aromatic rings. The van der Waals surface area contributed by atoms with Crippen molar-refractivity contribution in [1.82, 2.24) is 0 Å². The number of rotatable bonds is 3. The molecule has 1 aliphatic rings. The van der Waals surface area contributed by atoms with Gasteiger partial charge in [0.15, 0.2) is 0 Å². The molecule has 2 atom stereocenters. The molecule has 0 aliphatic heterocycles. The first-order chi connectivity index (χ1) is 6.49. The number of halogens is 4. The second-order valence-corrected chi connectivity index (χ2v) is 5.17. The first kappa shape index (κ1) is 12.5. The summed E-state index contributed by atoms with van der Waals surface area (Å²) in [5.41, 5.74) is 0. The van der Waals surface area contributed by atoms with Crippen LogP contribution in [0.5, 0.6) is 0 Å². The number of hydrogen-bond donors (Lipinski definition) is 0. The predicted octanol–water partition coefficient (Wildman–Crippen LogP) is 3.70. The Morgan fingerprint density at radius 1 is 1.21 bits per heavy atom. The molecule has 0 N–H and O–H groups in total. The van der Waals surface area contributed by atoms with Crippen LogP contribution in [0.15, 0.2) is 0 Å². The molecule has 0 saturated heterocycles. The maximum atomic E-state index is 11.8. The molecule has 0 bridgehead atoms. The van der Waals surface area contributed by atoms with Gasteiger partial charge in [0.25, 0.3) is 0 Å². The van der Waals surface area contributed by atoms with Gasteiger partial charge >= 0.3 is 6.18 Å². The van der Waals surface area contributed by atoms with Gasteiger partial charge in [-0.25, -0.2) is 0 Å². The van der Waals surface area contributed by atoms with Crippen molar-refractivity contribution in [3.05, 3.63) is 0 Å². The molecule has 1 fully saturated rings. The first-order valence-electron chi connectivity index (χ1n) is 4.81. The summed E-state index contributed by atoms with van der Waals surface area (Å²) in [6.07, 6.45) is -0.653. The van der Waals surface area contributed by atoms with Crippen molar-refractivity contribution in [3.63, 3.8) is 0 Å². The SMILES string of the molecule is FC(F)(F)CCOC1CCCCC1I. The van der Waals surface area contributed by atoms with Crippen molar-refractivity contribution in [1.29, 1.82) is 0 Å². The largest absolute Gasteiger partial charge is 0.391 e. The van der Waals surface area contributed by atoms with Gasteiger partial charge in [-0.3, -0.25) is 0 Å². The van der Waals surface area contributed by atoms with Crippen LogP contribution in [-0.2, 0) is 4.74 Å². The minimum Gasteiger partial charge on any atom is -0.377 e. The Morgan fingerprint density at radius 3 is 2.43 bits per heavy atom. The molecule has 1 saturated carbocycles. The van der Waals surface area contributed by atoms with Crippen molar-refractivity contribution < 1.29 is 17.9 Å². The summed E-state index contributed by atoms with van der Waals surface area (Å²) >= 11 is 2.27. The van der Waals surface area contributed by atoms with Gasteiger partial charge in [-0.1, -0.05) is 35.4 Å². The second kappa shape index (κ2) is 5.53. The van der Waals surface area contributed by atoms with E-state index in [2.05, 4.69) is 22.6 Å². The highest BCUT2D eigenvalue weighted by Crippen LogP contribution is 2.28. The van der Waals surface area contributed by atoms with E-state index in [9.17, 15) is 13.2 Å². The van der Waals surface area contributed by atoms with E-state index in [0.29, 0.717) is 3.92 Å². The molecular formula is C9H14F3IO. The molecule has 0 amide bonds. The van der Waals surface area contributed by atoms with Crippen molar-refractivity contribution in [2.45, 2.75) is 48.3 Å². The summed E-state index contributed by atoms with van der Waals surface area (Å²) in [5.74, 6) is 0. The van der Waals surface area contributed by atoms with E-state index < -0.39 is 12.6 Å². The third kappa shape index (κ3) is 4.82. The van der Waals surface area contributed by atoms with Gasteiger partial charge in [0, 0.05) is 3.92 Å². The van der Waals surface area contributed by atoms with E-state index in [1.807, 2.05) is 0 Å². The fraction of sp³-hybridized carbons (Fsp3) is 1.00. The summed E-state index contributed by atoms with van der Waals surface area (Å²) in [6.45, 7) is -0.187. The van der Waals surface area contributed by atoms with Gasteiger partial charge in [0.05, 0.1) is 19.1 Å². The zero-order valence-corrected chi connectivity index (χ0v) is 9.97. The topological polar surface area (TPSA) is 9.23 Å². The lowest BCUT2D eigenvalue weighted by molar-refractivity contribution is -0.149. The lowest BCUT2D eigenvalue weighted by atomic mass is 9.98. The quantitative estimate of drug-likeness (QED) is 0.569. The Kier molecular flexibility index (Phi) is 4.96. The smallest absolute Gasteiger partial charge is 0.377 e.